The molecule has 2 N–H and O–H groups in total. The van der Waals surface area contributed by atoms with Crippen LogP contribution in [0.1, 0.15) is 35.5 Å². The molecule has 6 nitrogen and oxygen atoms in total. The minimum atomic E-state index is -0.265. The smallest absolute Gasteiger partial charge is 0.274 e. The molecular formula is C23H27N5O. The van der Waals surface area contributed by atoms with E-state index >= 15 is 0 Å². The summed E-state index contributed by atoms with van der Waals surface area (Å²) < 4.78 is 0. The van der Waals surface area contributed by atoms with E-state index in [-0.39, 0.29) is 5.91 Å². The van der Waals surface area contributed by atoms with Crippen LogP contribution in [0, 0.1) is 13.8 Å². The molecule has 2 aromatic carbocycles. The first-order valence-electron chi connectivity index (χ1n) is 9.84. The molecule has 0 saturated carbocycles. The molecule has 0 aliphatic heterocycles. The molecule has 29 heavy (non-hydrogen) atoms. The molecule has 6 heteroatoms. The first kappa shape index (κ1) is 20.3. The van der Waals surface area contributed by atoms with Crippen LogP contribution >= 0.6 is 0 Å². The minimum Gasteiger partial charge on any atom is -0.372 e. The second kappa shape index (κ2) is 9.19. The molecule has 0 spiro atoms. The predicted molar refractivity (Wildman–Crippen MR) is 119 cm³/mol. The van der Waals surface area contributed by atoms with Crippen LogP contribution in [-0.4, -0.2) is 29.0 Å². The molecule has 3 rings (SSSR count). The lowest BCUT2D eigenvalue weighted by Gasteiger charge is -2.22. The average Bonchev–Trinajstić information content (AvgIpc) is 2.73. The number of nitrogens with one attached hydrogen (secondary N) is 2. The summed E-state index contributed by atoms with van der Waals surface area (Å²) in [6.45, 7) is 10.2. The second-order valence-corrected chi connectivity index (χ2v) is 6.83. The molecule has 3 aromatic rings. The average molecular weight is 390 g/mol. The van der Waals surface area contributed by atoms with Gasteiger partial charge in [0.2, 0.25) is 5.95 Å². The molecule has 1 heterocycles. The number of carbonyl (C=O) groups excluding carboxylic acids is 1. The molecule has 0 saturated heterocycles. The summed E-state index contributed by atoms with van der Waals surface area (Å²) in [6.07, 6.45) is 1.59. The van der Waals surface area contributed by atoms with Crippen LogP contribution < -0.4 is 15.5 Å². The van der Waals surface area contributed by atoms with Crippen LogP contribution in [0.3, 0.4) is 0 Å². The lowest BCUT2D eigenvalue weighted by molar-refractivity contribution is 0.102. The molecule has 0 atom stereocenters. The van der Waals surface area contributed by atoms with Gasteiger partial charge in [-0.1, -0.05) is 18.2 Å². The van der Waals surface area contributed by atoms with Crippen molar-refractivity contribution in [1.82, 2.24) is 9.97 Å². The minimum absolute atomic E-state index is 0.265. The quantitative estimate of drug-likeness (QED) is 0.599. The summed E-state index contributed by atoms with van der Waals surface area (Å²) in [5, 5.41) is 6.12. The van der Waals surface area contributed by atoms with Crippen LogP contribution in [0.2, 0.25) is 0 Å². The first-order chi connectivity index (χ1) is 14.0. The fourth-order valence-electron chi connectivity index (χ4n) is 3.14. The Morgan fingerprint density at radius 2 is 1.72 bits per heavy atom. The second-order valence-electron chi connectivity index (χ2n) is 6.83. The summed E-state index contributed by atoms with van der Waals surface area (Å²) >= 11 is 0. The van der Waals surface area contributed by atoms with Crippen LogP contribution in [0.4, 0.5) is 23.0 Å². The molecule has 1 aromatic heterocycles. The van der Waals surface area contributed by atoms with Gasteiger partial charge in [-0.2, -0.15) is 0 Å². The van der Waals surface area contributed by atoms with E-state index in [9.17, 15) is 4.79 Å². The van der Waals surface area contributed by atoms with Gasteiger partial charge in [-0.05, 0) is 69.2 Å². The molecular weight excluding hydrogens is 362 g/mol. The Morgan fingerprint density at radius 1 is 0.966 bits per heavy atom. The third-order valence-electron chi connectivity index (χ3n) is 4.87. The molecule has 1 amide bonds. The highest BCUT2D eigenvalue weighted by molar-refractivity contribution is 6.03. The van der Waals surface area contributed by atoms with E-state index < -0.39 is 0 Å². The maximum Gasteiger partial charge on any atom is 0.274 e. The summed E-state index contributed by atoms with van der Waals surface area (Å²) in [5.74, 6) is 0.125. The highest BCUT2D eigenvalue weighted by Crippen LogP contribution is 2.24. The molecule has 0 fully saturated rings. The zero-order chi connectivity index (χ0) is 20.8. The van der Waals surface area contributed by atoms with E-state index in [1.54, 1.807) is 12.3 Å². The number of amides is 1. The van der Waals surface area contributed by atoms with E-state index in [0.29, 0.717) is 11.6 Å². The first-order valence-corrected chi connectivity index (χ1v) is 9.84. The third-order valence-corrected chi connectivity index (χ3v) is 4.87. The SMILES string of the molecule is CCN(CC)c1ccc(Nc2nccc(C(=O)Nc3ccccc3C)n2)c(C)c1. The Labute approximate surface area is 172 Å². The number of aromatic nitrogens is 2. The van der Waals surface area contributed by atoms with E-state index in [1.807, 2.05) is 44.2 Å². The number of anilines is 4. The van der Waals surface area contributed by atoms with Gasteiger partial charge in [0.15, 0.2) is 0 Å². The zero-order valence-electron chi connectivity index (χ0n) is 17.4. The van der Waals surface area contributed by atoms with Crippen molar-refractivity contribution in [3.05, 3.63) is 71.5 Å². The van der Waals surface area contributed by atoms with Gasteiger partial charge >= 0.3 is 0 Å². The maximum atomic E-state index is 12.6. The topological polar surface area (TPSA) is 70.2 Å². The van der Waals surface area contributed by atoms with Gasteiger partial charge in [0, 0.05) is 36.3 Å². The normalized spacial score (nSPS) is 10.5. The number of para-hydroxylation sites is 1. The van der Waals surface area contributed by atoms with Crippen molar-refractivity contribution in [2.75, 3.05) is 28.6 Å². The van der Waals surface area contributed by atoms with E-state index in [0.717, 1.165) is 35.6 Å². The number of aryl methyl sites for hydroxylation is 2. The Bertz CT molecular complexity index is 998. The molecule has 0 aliphatic carbocycles. The Kier molecular flexibility index (Phi) is 6.44. The summed E-state index contributed by atoms with van der Waals surface area (Å²) in [7, 11) is 0. The number of hydrogen-bond acceptors (Lipinski definition) is 5. The molecule has 150 valence electrons. The third kappa shape index (κ3) is 4.90. The van der Waals surface area contributed by atoms with Gasteiger partial charge in [-0.15, -0.1) is 0 Å². The summed E-state index contributed by atoms with van der Waals surface area (Å²) in [6, 6.07) is 15.5. The Balaban J connectivity index is 1.76. The molecule has 0 radical (unpaired) electrons. The Hall–Kier alpha value is -3.41. The highest BCUT2D eigenvalue weighted by Gasteiger charge is 2.11. The van der Waals surface area contributed by atoms with Crippen molar-refractivity contribution in [2.24, 2.45) is 0 Å². The van der Waals surface area contributed by atoms with Gasteiger partial charge in [0.1, 0.15) is 5.69 Å². The number of carbonyl (C=O) groups is 1. The largest absolute Gasteiger partial charge is 0.372 e. The standard InChI is InChI=1S/C23H27N5O/c1-5-28(6-2)18-11-12-20(17(4)15-18)26-23-24-14-13-21(27-23)22(29)25-19-10-8-7-9-16(19)3/h7-15H,5-6H2,1-4H3,(H,25,29)(H,24,26,27). The van der Waals surface area contributed by atoms with Crippen LogP contribution in [0.5, 0.6) is 0 Å². The van der Waals surface area contributed by atoms with Crippen molar-refractivity contribution in [3.63, 3.8) is 0 Å². The van der Waals surface area contributed by atoms with Crippen molar-refractivity contribution in [1.29, 1.82) is 0 Å². The molecule has 0 aliphatic rings. The van der Waals surface area contributed by atoms with E-state index in [2.05, 4.69) is 51.5 Å². The highest BCUT2D eigenvalue weighted by atomic mass is 16.1. The monoisotopic (exact) mass is 389 g/mol. The number of hydrogen-bond donors (Lipinski definition) is 2. The van der Waals surface area contributed by atoms with Crippen molar-refractivity contribution >= 4 is 28.9 Å². The molecule has 0 unspecified atom stereocenters. The number of rotatable bonds is 7. The van der Waals surface area contributed by atoms with Crippen molar-refractivity contribution < 1.29 is 4.79 Å². The fraction of sp³-hybridized carbons (Fsp3) is 0.261. The fourth-order valence-corrected chi connectivity index (χ4v) is 3.14. The van der Waals surface area contributed by atoms with E-state index in [1.165, 1.54) is 5.69 Å². The predicted octanol–water partition coefficient (Wildman–Crippen LogP) is 4.94. The van der Waals surface area contributed by atoms with E-state index in [4.69, 9.17) is 0 Å². The summed E-state index contributed by atoms with van der Waals surface area (Å²) in [5.41, 5.74) is 5.27. The van der Waals surface area contributed by atoms with Crippen molar-refractivity contribution in [3.8, 4) is 0 Å². The van der Waals surface area contributed by atoms with Crippen LogP contribution in [-0.2, 0) is 0 Å². The summed E-state index contributed by atoms with van der Waals surface area (Å²) in [4.78, 5) is 23.5. The van der Waals surface area contributed by atoms with Gasteiger partial charge in [0.05, 0.1) is 0 Å². The Morgan fingerprint density at radius 3 is 2.41 bits per heavy atom. The van der Waals surface area contributed by atoms with Gasteiger partial charge in [-0.3, -0.25) is 4.79 Å². The lowest BCUT2D eigenvalue weighted by Crippen LogP contribution is -2.21. The lowest BCUT2D eigenvalue weighted by atomic mass is 10.1. The number of benzene rings is 2. The van der Waals surface area contributed by atoms with Gasteiger partial charge in [0.25, 0.3) is 5.91 Å². The maximum absolute atomic E-state index is 12.6. The van der Waals surface area contributed by atoms with Gasteiger partial charge in [-0.25, -0.2) is 9.97 Å². The van der Waals surface area contributed by atoms with Crippen molar-refractivity contribution in [2.45, 2.75) is 27.7 Å². The number of nitrogens with zero attached hydrogens (tertiary/aromatic N) is 3. The van der Waals surface area contributed by atoms with Gasteiger partial charge < -0.3 is 15.5 Å². The zero-order valence-corrected chi connectivity index (χ0v) is 17.4. The van der Waals surface area contributed by atoms with Crippen LogP contribution in [0.15, 0.2) is 54.7 Å². The van der Waals surface area contributed by atoms with Crippen LogP contribution in [0.25, 0.3) is 0 Å². The molecule has 0 bridgehead atoms.